The summed E-state index contributed by atoms with van der Waals surface area (Å²) < 4.78 is 5.27. The molecular weight excluding hydrogens is 336 g/mol. The van der Waals surface area contributed by atoms with Gasteiger partial charge in [-0.3, -0.25) is 9.69 Å². The molecule has 0 radical (unpaired) electrons. The third-order valence-corrected chi connectivity index (χ3v) is 6.05. The summed E-state index contributed by atoms with van der Waals surface area (Å²) in [5.41, 5.74) is 2.53. The second kappa shape index (κ2) is 8.13. The third-order valence-electron chi connectivity index (χ3n) is 6.05. The number of fused-ring (bicyclic) bond motifs is 1. The Labute approximate surface area is 161 Å². The smallest absolute Gasteiger partial charge is 0.224 e. The van der Waals surface area contributed by atoms with Crippen molar-refractivity contribution in [1.82, 2.24) is 10.2 Å². The Balaban J connectivity index is 1.37. The van der Waals surface area contributed by atoms with Gasteiger partial charge in [-0.2, -0.15) is 0 Å². The molecule has 4 rings (SSSR count). The average molecular weight is 364 g/mol. The van der Waals surface area contributed by atoms with Crippen LogP contribution in [-0.2, 0) is 11.2 Å². The first-order valence-electron chi connectivity index (χ1n) is 9.97. The van der Waals surface area contributed by atoms with E-state index in [0.717, 1.165) is 31.6 Å². The molecule has 0 spiro atoms. The lowest BCUT2D eigenvalue weighted by Gasteiger charge is -2.24. The lowest BCUT2D eigenvalue weighted by Crippen LogP contribution is -2.38. The second-order valence-corrected chi connectivity index (χ2v) is 7.61. The molecule has 2 fully saturated rings. The van der Waals surface area contributed by atoms with Crippen LogP contribution in [0.4, 0.5) is 0 Å². The minimum absolute atomic E-state index is 0.100. The summed E-state index contributed by atoms with van der Waals surface area (Å²) in [5.74, 6) is 1.18. The first kappa shape index (κ1) is 18.1. The van der Waals surface area contributed by atoms with Gasteiger partial charge in [0, 0.05) is 18.6 Å². The summed E-state index contributed by atoms with van der Waals surface area (Å²) in [6.07, 6.45) is 4.09. The van der Waals surface area contributed by atoms with Crippen molar-refractivity contribution in [2.24, 2.45) is 5.92 Å². The topological polar surface area (TPSA) is 41.6 Å². The molecule has 3 atom stereocenters. The van der Waals surface area contributed by atoms with Crippen molar-refractivity contribution in [1.29, 1.82) is 0 Å². The highest BCUT2D eigenvalue weighted by atomic mass is 16.5. The van der Waals surface area contributed by atoms with Crippen molar-refractivity contribution >= 4 is 5.91 Å². The molecule has 4 heteroatoms. The van der Waals surface area contributed by atoms with E-state index in [2.05, 4.69) is 46.6 Å². The number of nitrogens with one attached hydrogen (secondary N) is 1. The second-order valence-electron chi connectivity index (χ2n) is 7.61. The number of rotatable bonds is 6. The summed E-state index contributed by atoms with van der Waals surface area (Å²) in [6, 6.07) is 19.5. The van der Waals surface area contributed by atoms with Crippen LogP contribution in [0, 0.1) is 5.92 Å². The van der Waals surface area contributed by atoms with Gasteiger partial charge >= 0.3 is 0 Å². The van der Waals surface area contributed by atoms with Gasteiger partial charge in [0.25, 0.3) is 0 Å². The maximum atomic E-state index is 12.9. The molecule has 0 aliphatic carbocycles. The summed E-state index contributed by atoms with van der Waals surface area (Å²) >= 11 is 0. The number of amides is 1. The number of nitrogens with zero attached hydrogens (tertiary/aromatic N) is 1. The van der Waals surface area contributed by atoms with Crippen LogP contribution in [0.2, 0.25) is 0 Å². The molecule has 27 heavy (non-hydrogen) atoms. The molecule has 2 aromatic rings. The summed E-state index contributed by atoms with van der Waals surface area (Å²) in [7, 11) is 1.68. The lowest BCUT2D eigenvalue weighted by molar-refractivity contribution is -0.125. The molecule has 142 valence electrons. The number of hydrogen-bond acceptors (Lipinski definition) is 3. The van der Waals surface area contributed by atoms with Crippen LogP contribution in [0.3, 0.4) is 0 Å². The van der Waals surface area contributed by atoms with E-state index in [4.69, 9.17) is 4.74 Å². The summed E-state index contributed by atoms with van der Waals surface area (Å²) in [5, 5.41) is 3.19. The van der Waals surface area contributed by atoms with Crippen molar-refractivity contribution in [3.05, 3.63) is 65.7 Å². The van der Waals surface area contributed by atoms with E-state index in [9.17, 15) is 4.79 Å². The average Bonchev–Trinajstić information content (AvgIpc) is 3.31. The van der Waals surface area contributed by atoms with Gasteiger partial charge < -0.3 is 10.1 Å². The number of hydrogen-bond donors (Lipinski definition) is 1. The van der Waals surface area contributed by atoms with Crippen molar-refractivity contribution in [3.63, 3.8) is 0 Å². The number of carbonyl (C=O) groups is 1. The Morgan fingerprint density at radius 1 is 1.19 bits per heavy atom. The van der Waals surface area contributed by atoms with Crippen LogP contribution in [0.5, 0.6) is 5.75 Å². The van der Waals surface area contributed by atoms with Crippen LogP contribution >= 0.6 is 0 Å². The van der Waals surface area contributed by atoms with Crippen LogP contribution in [-0.4, -0.2) is 37.0 Å². The monoisotopic (exact) mass is 364 g/mol. The minimum atomic E-state index is 0.100. The fraction of sp³-hybridized carbons (Fsp3) is 0.435. The van der Waals surface area contributed by atoms with E-state index in [0.29, 0.717) is 18.6 Å². The standard InChI is InChI=1S/C23H28N2O2/c1-27-19-10-5-7-17(15-19)12-13-24-23(26)20-16-22(18-8-3-2-4-9-18)25-14-6-11-21(20)25/h2-5,7-10,15,20-22H,6,11-14,16H2,1H3,(H,24,26)/t20-,21+,22-/m0/s1. The fourth-order valence-corrected chi connectivity index (χ4v) is 4.74. The lowest BCUT2D eigenvalue weighted by atomic mass is 9.93. The van der Waals surface area contributed by atoms with E-state index in [1.54, 1.807) is 7.11 Å². The predicted octanol–water partition coefficient (Wildman–Crippen LogP) is 3.58. The zero-order valence-corrected chi connectivity index (χ0v) is 15.9. The van der Waals surface area contributed by atoms with Crippen LogP contribution in [0.25, 0.3) is 0 Å². The van der Waals surface area contributed by atoms with E-state index in [1.165, 1.54) is 17.5 Å². The van der Waals surface area contributed by atoms with Gasteiger partial charge in [-0.05, 0) is 55.5 Å². The van der Waals surface area contributed by atoms with Gasteiger partial charge in [0.2, 0.25) is 5.91 Å². The number of benzene rings is 2. The zero-order chi connectivity index (χ0) is 18.6. The van der Waals surface area contributed by atoms with Crippen molar-refractivity contribution in [2.75, 3.05) is 20.2 Å². The van der Waals surface area contributed by atoms with Gasteiger partial charge in [0.15, 0.2) is 0 Å². The fourth-order valence-electron chi connectivity index (χ4n) is 4.74. The first-order chi connectivity index (χ1) is 13.3. The van der Waals surface area contributed by atoms with Gasteiger partial charge in [0.1, 0.15) is 5.75 Å². The Morgan fingerprint density at radius 3 is 2.85 bits per heavy atom. The minimum Gasteiger partial charge on any atom is -0.497 e. The van der Waals surface area contributed by atoms with E-state index in [1.807, 2.05) is 18.2 Å². The Kier molecular flexibility index (Phi) is 5.44. The molecule has 2 saturated heterocycles. The molecule has 1 amide bonds. The number of ether oxygens (including phenoxy) is 1. The van der Waals surface area contributed by atoms with Crippen LogP contribution in [0.1, 0.15) is 36.4 Å². The molecule has 4 nitrogen and oxygen atoms in total. The maximum absolute atomic E-state index is 12.9. The first-order valence-corrected chi connectivity index (χ1v) is 9.97. The predicted molar refractivity (Wildman–Crippen MR) is 107 cm³/mol. The van der Waals surface area contributed by atoms with Crippen molar-refractivity contribution < 1.29 is 9.53 Å². The highest BCUT2D eigenvalue weighted by Gasteiger charge is 2.46. The normalized spacial score (nSPS) is 24.6. The molecular formula is C23H28N2O2. The summed E-state index contributed by atoms with van der Waals surface area (Å²) in [6.45, 7) is 1.78. The summed E-state index contributed by atoms with van der Waals surface area (Å²) in [4.78, 5) is 15.5. The SMILES string of the molecule is COc1cccc(CCNC(=O)[C@H]2C[C@@H](c3ccccc3)N3CCC[C@H]23)c1. The third kappa shape index (κ3) is 3.86. The maximum Gasteiger partial charge on any atom is 0.224 e. The van der Waals surface area contributed by atoms with Crippen LogP contribution in [0.15, 0.2) is 54.6 Å². The highest BCUT2D eigenvalue weighted by Crippen LogP contribution is 2.44. The molecule has 0 bridgehead atoms. The Morgan fingerprint density at radius 2 is 2.04 bits per heavy atom. The largest absolute Gasteiger partial charge is 0.497 e. The van der Waals surface area contributed by atoms with E-state index in [-0.39, 0.29) is 11.8 Å². The van der Waals surface area contributed by atoms with Gasteiger partial charge in [-0.15, -0.1) is 0 Å². The Hall–Kier alpha value is -2.33. The molecule has 2 aliphatic rings. The molecule has 1 N–H and O–H groups in total. The van der Waals surface area contributed by atoms with Crippen molar-refractivity contribution in [3.8, 4) is 5.75 Å². The number of methoxy groups -OCH3 is 1. The number of carbonyl (C=O) groups excluding carboxylic acids is 1. The van der Waals surface area contributed by atoms with Gasteiger partial charge in [-0.1, -0.05) is 42.5 Å². The molecule has 0 saturated carbocycles. The van der Waals surface area contributed by atoms with Gasteiger partial charge in [-0.25, -0.2) is 0 Å². The molecule has 2 heterocycles. The van der Waals surface area contributed by atoms with Gasteiger partial charge in [0.05, 0.1) is 13.0 Å². The quantitative estimate of drug-likeness (QED) is 0.852. The molecule has 0 aromatic heterocycles. The van der Waals surface area contributed by atoms with Crippen molar-refractivity contribution in [2.45, 2.75) is 37.8 Å². The van der Waals surface area contributed by atoms with E-state index >= 15 is 0 Å². The van der Waals surface area contributed by atoms with Crippen LogP contribution < -0.4 is 10.1 Å². The van der Waals surface area contributed by atoms with E-state index < -0.39 is 0 Å². The molecule has 2 aliphatic heterocycles. The molecule has 2 aromatic carbocycles. The Bertz CT molecular complexity index is 777. The highest BCUT2D eigenvalue weighted by molar-refractivity contribution is 5.80. The zero-order valence-electron chi connectivity index (χ0n) is 15.9. The molecule has 0 unspecified atom stereocenters.